The fourth-order valence-electron chi connectivity index (χ4n) is 4.14. The summed E-state index contributed by atoms with van der Waals surface area (Å²) in [5.41, 5.74) is -0.0422. The lowest BCUT2D eigenvalue weighted by atomic mass is 9.88. The van der Waals surface area contributed by atoms with Crippen molar-refractivity contribution in [1.82, 2.24) is 14.8 Å². The fourth-order valence-corrected chi connectivity index (χ4v) is 4.80. The highest BCUT2D eigenvalue weighted by Crippen LogP contribution is 2.39. The summed E-state index contributed by atoms with van der Waals surface area (Å²) >= 11 is 1.72. The summed E-state index contributed by atoms with van der Waals surface area (Å²) < 4.78 is 6.32. The van der Waals surface area contributed by atoms with Gasteiger partial charge in [0.2, 0.25) is 0 Å². The SMILES string of the molecule is O=C([C@@H]1CCC2(CCN(Cc3nccs3)CC2)O1)N1CCCC1. The van der Waals surface area contributed by atoms with Gasteiger partial charge in [-0.05, 0) is 38.5 Å². The van der Waals surface area contributed by atoms with Crippen LogP contribution in [0.4, 0.5) is 0 Å². The van der Waals surface area contributed by atoms with E-state index in [1.54, 1.807) is 11.3 Å². The van der Waals surface area contributed by atoms with Gasteiger partial charge < -0.3 is 9.64 Å². The quantitative estimate of drug-likeness (QED) is 0.850. The monoisotopic (exact) mass is 335 g/mol. The number of amides is 1. The zero-order chi connectivity index (χ0) is 15.7. The molecule has 1 atom stereocenters. The van der Waals surface area contributed by atoms with E-state index in [0.29, 0.717) is 0 Å². The Bertz CT molecular complexity index is 534. The average molecular weight is 335 g/mol. The molecule has 126 valence electrons. The average Bonchev–Trinajstić information content (AvgIpc) is 3.31. The number of nitrogens with zero attached hydrogens (tertiary/aromatic N) is 3. The van der Waals surface area contributed by atoms with Gasteiger partial charge in [0, 0.05) is 37.8 Å². The van der Waals surface area contributed by atoms with E-state index in [9.17, 15) is 4.79 Å². The molecule has 0 aromatic carbocycles. The first-order valence-electron chi connectivity index (χ1n) is 8.81. The zero-order valence-electron chi connectivity index (χ0n) is 13.6. The minimum absolute atomic E-state index is 0.0422. The maximum absolute atomic E-state index is 12.5. The lowest BCUT2D eigenvalue weighted by Gasteiger charge is -2.39. The molecule has 0 radical (unpaired) electrons. The van der Waals surface area contributed by atoms with Gasteiger partial charge in [-0.3, -0.25) is 9.69 Å². The third kappa shape index (κ3) is 3.30. The van der Waals surface area contributed by atoms with Gasteiger partial charge in [-0.1, -0.05) is 0 Å². The first-order chi connectivity index (χ1) is 11.2. The molecule has 0 aliphatic carbocycles. The molecule has 1 spiro atoms. The van der Waals surface area contributed by atoms with Crippen LogP contribution in [0.3, 0.4) is 0 Å². The van der Waals surface area contributed by atoms with Crippen LogP contribution in [0.15, 0.2) is 11.6 Å². The van der Waals surface area contributed by atoms with Crippen molar-refractivity contribution in [2.75, 3.05) is 26.2 Å². The van der Waals surface area contributed by atoms with Gasteiger partial charge in [0.25, 0.3) is 5.91 Å². The van der Waals surface area contributed by atoms with E-state index in [4.69, 9.17) is 4.74 Å². The van der Waals surface area contributed by atoms with Crippen LogP contribution in [0.2, 0.25) is 0 Å². The maximum atomic E-state index is 12.5. The zero-order valence-corrected chi connectivity index (χ0v) is 14.4. The molecule has 0 bridgehead atoms. The van der Waals surface area contributed by atoms with Crippen LogP contribution >= 0.6 is 11.3 Å². The van der Waals surface area contributed by atoms with Crippen molar-refractivity contribution >= 4 is 17.2 Å². The maximum Gasteiger partial charge on any atom is 0.251 e. The molecule has 3 fully saturated rings. The van der Waals surface area contributed by atoms with E-state index in [1.807, 2.05) is 16.5 Å². The molecule has 3 saturated heterocycles. The lowest BCUT2D eigenvalue weighted by molar-refractivity contribution is -0.150. The molecule has 0 saturated carbocycles. The van der Waals surface area contributed by atoms with E-state index < -0.39 is 0 Å². The van der Waals surface area contributed by atoms with Crippen molar-refractivity contribution in [3.8, 4) is 0 Å². The van der Waals surface area contributed by atoms with Crippen LogP contribution in [0.5, 0.6) is 0 Å². The molecule has 1 amide bonds. The van der Waals surface area contributed by atoms with Crippen LogP contribution in [0.1, 0.15) is 43.5 Å². The van der Waals surface area contributed by atoms with E-state index in [-0.39, 0.29) is 17.6 Å². The van der Waals surface area contributed by atoms with Gasteiger partial charge in [0.15, 0.2) is 0 Å². The fraction of sp³-hybridized carbons (Fsp3) is 0.765. The highest BCUT2D eigenvalue weighted by Gasteiger charge is 2.45. The Hall–Kier alpha value is -0.980. The molecular formula is C17H25N3O2S. The summed E-state index contributed by atoms with van der Waals surface area (Å²) in [5, 5.41) is 3.23. The molecule has 1 aromatic rings. The first-order valence-corrected chi connectivity index (χ1v) is 9.69. The second-order valence-corrected chi connectivity index (χ2v) is 8.04. The van der Waals surface area contributed by atoms with Crippen molar-refractivity contribution in [3.63, 3.8) is 0 Å². The Morgan fingerprint density at radius 3 is 2.74 bits per heavy atom. The number of carbonyl (C=O) groups is 1. The number of hydrogen-bond acceptors (Lipinski definition) is 5. The van der Waals surface area contributed by atoms with Gasteiger partial charge in [-0.15, -0.1) is 11.3 Å². The molecular weight excluding hydrogens is 310 g/mol. The smallest absolute Gasteiger partial charge is 0.251 e. The van der Waals surface area contributed by atoms with Gasteiger partial charge >= 0.3 is 0 Å². The number of aromatic nitrogens is 1. The molecule has 3 aliphatic rings. The standard InChI is InChI=1S/C17H25N3O2S/c21-16(20-8-1-2-9-20)14-3-4-17(22-14)5-10-19(11-6-17)13-15-18-7-12-23-15/h7,12,14H,1-6,8-11,13H2/t14-/m0/s1. The largest absolute Gasteiger partial charge is 0.362 e. The van der Waals surface area contributed by atoms with E-state index in [2.05, 4.69) is 9.88 Å². The van der Waals surface area contributed by atoms with Gasteiger partial charge in [-0.25, -0.2) is 4.98 Å². The highest BCUT2D eigenvalue weighted by atomic mass is 32.1. The molecule has 4 rings (SSSR count). The number of hydrogen-bond donors (Lipinski definition) is 0. The molecule has 1 aromatic heterocycles. The highest BCUT2D eigenvalue weighted by molar-refractivity contribution is 7.09. The molecule has 0 unspecified atom stereocenters. The number of ether oxygens (including phenoxy) is 1. The summed E-state index contributed by atoms with van der Waals surface area (Å²) in [5.74, 6) is 0.240. The Balaban J connectivity index is 1.30. The molecule has 0 N–H and O–H groups in total. The summed E-state index contributed by atoms with van der Waals surface area (Å²) in [7, 11) is 0. The molecule has 23 heavy (non-hydrogen) atoms. The summed E-state index contributed by atoms with van der Waals surface area (Å²) in [6.45, 7) is 4.89. The third-order valence-corrected chi connectivity index (χ3v) is 6.32. The predicted octanol–water partition coefficient (Wildman–Crippen LogP) is 2.28. The molecule has 3 aliphatic heterocycles. The number of piperidine rings is 1. The number of carbonyl (C=O) groups excluding carboxylic acids is 1. The van der Waals surface area contributed by atoms with Crippen LogP contribution < -0.4 is 0 Å². The number of likely N-dealkylation sites (tertiary alicyclic amines) is 2. The van der Waals surface area contributed by atoms with Gasteiger partial charge in [0.05, 0.1) is 12.1 Å². The minimum Gasteiger partial charge on any atom is -0.362 e. The van der Waals surface area contributed by atoms with E-state index >= 15 is 0 Å². The Morgan fingerprint density at radius 1 is 1.26 bits per heavy atom. The minimum atomic E-state index is -0.182. The van der Waals surface area contributed by atoms with Crippen molar-refractivity contribution in [2.45, 2.75) is 56.8 Å². The Labute approximate surface area is 141 Å². The predicted molar refractivity (Wildman–Crippen MR) is 89.3 cm³/mol. The van der Waals surface area contributed by atoms with Gasteiger partial charge in [-0.2, -0.15) is 0 Å². The van der Waals surface area contributed by atoms with Crippen LogP contribution in [0.25, 0.3) is 0 Å². The second-order valence-electron chi connectivity index (χ2n) is 7.06. The van der Waals surface area contributed by atoms with Crippen molar-refractivity contribution in [1.29, 1.82) is 0 Å². The molecule has 4 heterocycles. The second kappa shape index (κ2) is 6.49. The summed E-state index contributed by atoms with van der Waals surface area (Å²) in [4.78, 5) is 21.4. The Kier molecular flexibility index (Phi) is 4.39. The van der Waals surface area contributed by atoms with Crippen molar-refractivity contribution in [2.24, 2.45) is 0 Å². The topological polar surface area (TPSA) is 45.7 Å². The molecule has 6 heteroatoms. The Morgan fingerprint density at radius 2 is 2.04 bits per heavy atom. The van der Waals surface area contributed by atoms with Crippen LogP contribution in [-0.2, 0) is 16.1 Å². The van der Waals surface area contributed by atoms with E-state index in [1.165, 1.54) is 5.01 Å². The lowest BCUT2D eigenvalue weighted by Crippen LogP contribution is -2.45. The van der Waals surface area contributed by atoms with E-state index in [0.717, 1.165) is 71.2 Å². The van der Waals surface area contributed by atoms with Crippen LogP contribution in [0, 0.1) is 0 Å². The van der Waals surface area contributed by atoms with Crippen molar-refractivity contribution < 1.29 is 9.53 Å². The first kappa shape index (κ1) is 15.5. The number of rotatable bonds is 3. The molecule has 5 nitrogen and oxygen atoms in total. The van der Waals surface area contributed by atoms with Gasteiger partial charge in [0.1, 0.15) is 11.1 Å². The number of thiazole rings is 1. The summed E-state index contributed by atoms with van der Waals surface area (Å²) in [6.07, 6.45) is 8.03. The summed E-state index contributed by atoms with van der Waals surface area (Å²) in [6, 6.07) is 0. The van der Waals surface area contributed by atoms with Crippen LogP contribution in [-0.4, -0.2) is 58.6 Å². The normalized spacial score (nSPS) is 27.8. The van der Waals surface area contributed by atoms with Crippen molar-refractivity contribution in [3.05, 3.63) is 16.6 Å². The third-order valence-electron chi connectivity index (χ3n) is 5.56.